The summed E-state index contributed by atoms with van der Waals surface area (Å²) in [7, 11) is 0. The Labute approximate surface area is 191 Å². The summed E-state index contributed by atoms with van der Waals surface area (Å²) < 4.78 is 41.7. The van der Waals surface area contributed by atoms with Gasteiger partial charge in [0.05, 0.1) is 5.92 Å². The predicted molar refractivity (Wildman–Crippen MR) is 114 cm³/mol. The Morgan fingerprint density at radius 3 is 2.09 bits per heavy atom. The van der Waals surface area contributed by atoms with Crippen molar-refractivity contribution in [1.29, 1.82) is 0 Å². The highest BCUT2D eigenvalue weighted by molar-refractivity contribution is 6.35. The zero-order valence-corrected chi connectivity index (χ0v) is 17.8. The number of alkyl halides is 3. The number of anilines is 1. The monoisotopic (exact) mass is 478 g/mol. The first-order valence-electron chi connectivity index (χ1n) is 9.74. The molecule has 1 aromatic heterocycles. The van der Waals surface area contributed by atoms with E-state index >= 15 is 0 Å². The molecule has 1 aliphatic heterocycles. The number of hydrogen-bond acceptors (Lipinski definition) is 3. The molecule has 2 heterocycles. The molecular formula is C23H15Cl2F3N2O2. The molecule has 2 aromatic carbocycles. The summed E-state index contributed by atoms with van der Waals surface area (Å²) in [5.74, 6) is -0.819. The van der Waals surface area contributed by atoms with E-state index in [4.69, 9.17) is 23.2 Å². The molecule has 1 aliphatic carbocycles. The molecule has 0 N–H and O–H groups in total. The van der Waals surface area contributed by atoms with E-state index in [2.05, 4.69) is 9.72 Å². The minimum absolute atomic E-state index is 0.0652. The number of nitrogens with zero attached hydrogens (tertiary/aromatic N) is 2. The van der Waals surface area contributed by atoms with Crippen molar-refractivity contribution in [1.82, 2.24) is 4.98 Å². The number of pyridine rings is 1. The Kier molecular flexibility index (Phi) is 4.87. The molecule has 4 nitrogen and oxygen atoms in total. The van der Waals surface area contributed by atoms with E-state index in [-0.39, 0.29) is 23.5 Å². The Hall–Kier alpha value is -2.77. The highest BCUT2D eigenvalue weighted by atomic mass is 35.5. The van der Waals surface area contributed by atoms with Crippen LogP contribution in [0.1, 0.15) is 11.1 Å². The van der Waals surface area contributed by atoms with Gasteiger partial charge in [-0.25, -0.2) is 0 Å². The topological polar surface area (TPSA) is 42.4 Å². The van der Waals surface area contributed by atoms with Gasteiger partial charge in [0.1, 0.15) is 5.75 Å². The molecule has 2 aliphatic rings. The summed E-state index contributed by atoms with van der Waals surface area (Å²) in [4.78, 5) is 19.2. The van der Waals surface area contributed by atoms with Gasteiger partial charge in [0, 0.05) is 46.0 Å². The van der Waals surface area contributed by atoms with Crippen LogP contribution in [0.3, 0.4) is 0 Å². The highest BCUT2D eigenvalue weighted by Gasteiger charge is 2.74. The van der Waals surface area contributed by atoms with Gasteiger partial charge in [-0.1, -0.05) is 35.3 Å². The highest BCUT2D eigenvalue weighted by Crippen LogP contribution is 2.68. The summed E-state index contributed by atoms with van der Waals surface area (Å²) >= 11 is 12.2. The van der Waals surface area contributed by atoms with Gasteiger partial charge in [0.2, 0.25) is 5.91 Å². The van der Waals surface area contributed by atoms with Crippen molar-refractivity contribution in [2.45, 2.75) is 11.8 Å². The molecule has 1 saturated carbocycles. The minimum Gasteiger partial charge on any atom is -0.406 e. The zero-order valence-electron chi connectivity index (χ0n) is 16.3. The van der Waals surface area contributed by atoms with Crippen molar-refractivity contribution in [3.63, 3.8) is 0 Å². The molecular weight excluding hydrogens is 464 g/mol. The summed E-state index contributed by atoms with van der Waals surface area (Å²) in [6.45, 7) is 0.434. The Bertz CT molecular complexity index is 1170. The van der Waals surface area contributed by atoms with Crippen LogP contribution in [0.2, 0.25) is 10.0 Å². The van der Waals surface area contributed by atoms with E-state index in [0.29, 0.717) is 22.3 Å². The third-order valence-electron chi connectivity index (χ3n) is 6.16. The van der Waals surface area contributed by atoms with Crippen molar-refractivity contribution >= 4 is 34.8 Å². The molecule has 9 heteroatoms. The van der Waals surface area contributed by atoms with Crippen LogP contribution in [-0.2, 0) is 10.2 Å². The van der Waals surface area contributed by atoms with E-state index in [0.717, 1.165) is 11.1 Å². The van der Waals surface area contributed by atoms with Gasteiger partial charge in [-0.3, -0.25) is 9.78 Å². The van der Waals surface area contributed by atoms with Crippen LogP contribution in [0.5, 0.6) is 5.75 Å². The van der Waals surface area contributed by atoms with Gasteiger partial charge >= 0.3 is 6.36 Å². The maximum Gasteiger partial charge on any atom is 0.573 e. The fraction of sp³-hybridized carbons (Fsp3) is 0.217. The number of rotatable bonds is 4. The predicted octanol–water partition coefficient (Wildman–Crippen LogP) is 5.87. The maximum atomic E-state index is 13.4. The van der Waals surface area contributed by atoms with Crippen LogP contribution in [-0.4, -0.2) is 23.8 Å². The van der Waals surface area contributed by atoms with Gasteiger partial charge in [-0.2, -0.15) is 0 Å². The number of carbonyl (C=O) groups excluding carboxylic acids is 1. The zero-order chi connectivity index (χ0) is 22.7. The Morgan fingerprint density at radius 1 is 0.969 bits per heavy atom. The average Bonchev–Trinajstić information content (AvgIpc) is 3.27. The third-order valence-corrected chi connectivity index (χ3v) is 6.60. The maximum absolute atomic E-state index is 13.4. The van der Waals surface area contributed by atoms with Crippen molar-refractivity contribution in [2.75, 3.05) is 11.4 Å². The first-order valence-corrected chi connectivity index (χ1v) is 10.5. The van der Waals surface area contributed by atoms with Crippen LogP contribution in [0, 0.1) is 11.8 Å². The van der Waals surface area contributed by atoms with Crippen LogP contribution >= 0.6 is 23.2 Å². The Balaban J connectivity index is 1.51. The van der Waals surface area contributed by atoms with E-state index in [1.54, 1.807) is 47.6 Å². The number of fused-ring (bicyclic) bond motifs is 1. The number of amides is 1. The molecule has 1 saturated heterocycles. The molecule has 0 radical (unpaired) electrons. The molecule has 164 valence electrons. The molecule has 0 unspecified atom stereocenters. The van der Waals surface area contributed by atoms with E-state index in [1.165, 1.54) is 12.1 Å². The summed E-state index contributed by atoms with van der Waals surface area (Å²) in [6.07, 6.45) is -1.48. The molecule has 5 rings (SSSR count). The fourth-order valence-electron chi connectivity index (χ4n) is 4.97. The number of halogens is 5. The van der Waals surface area contributed by atoms with Crippen LogP contribution in [0.4, 0.5) is 18.9 Å². The van der Waals surface area contributed by atoms with Crippen LogP contribution < -0.4 is 9.64 Å². The normalized spacial score (nSPS) is 24.4. The SMILES string of the molecule is O=C1[C@@H]2[C@H](CN1c1cc(Cl)cc(Cl)c1)[C@]2(c1ccncc1)c1ccc(OC(F)(F)F)cc1. The lowest BCUT2D eigenvalue weighted by Gasteiger charge is -2.28. The Morgan fingerprint density at radius 2 is 1.56 bits per heavy atom. The second kappa shape index (κ2) is 7.39. The first-order chi connectivity index (χ1) is 15.2. The molecule has 32 heavy (non-hydrogen) atoms. The second-order valence-electron chi connectivity index (χ2n) is 7.84. The van der Waals surface area contributed by atoms with E-state index < -0.39 is 11.8 Å². The number of ether oxygens (including phenoxy) is 1. The minimum atomic E-state index is -4.77. The third kappa shape index (κ3) is 3.40. The molecule has 3 aromatic rings. The molecule has 0 spiro atoms. The summed E-state index contributed by atoms with van der Waals surface area (Å²) in [6, 6.07) is 14.4. The number of carbonyl (C=O) groups is 1. The van der Waals surface area contributed by atoms with E-state index in [9.17, 15) is 18.0 Å². The second-order valence-corrected chi connectivity index (χ2v) is 8.71. The smallest absolute Gasteiger partial charge is 0.406 e. The average molecular weight is 479 g/mol. The van der Waals surface area contributed by atoms with Crippen LogP contribution in [0.15, 0.2) is 67.0 Å². The number of hydrogen-bond donors (Lipinski definition) is 0. The van der Waals surface area contributed by atoms with Gasteiger partial charge in [0.25, 0.3) is 0 Å². The van der Waals surface area contributed by atoms with Gasteiger partial charge in [0.15, 0.2) is 0 Å². The van der Waals surface area contributed by atoms with Crippen molar-refractivity contribution in [3.8, 4) is 5.75 Å². The summed E-state index contributed by atoms with van der Waals surface area (Å²) in [5, 5.41) is 0.864. The fourth-order valence-corrected chi connectivity index (χ4v) is 5.49. The van der Waals surface area contributed by atoms with E-state index in [1.807, 2.05) is 12.1 Å². The van der Waals surface area contributed by atoms with Gasteiger partial charge in [-0.05, 0) is 53.6 Å². The molecule has 1 amide bonds. The number of benzene rings is 2. The summed E-state index contributed by atoms with van der Waals surface area (Å²) in [5.41, 5.74) is 1.63. The molecule has 2 fully saturated rings. The largest absolute Gasteiger partial charge is 0.573 e. The number of aromatic nitrogens is 1. The quantitative estimate of drug-likeness (QED) is 0.471. The van der Waals surface area contributed by atoms with Crippen LogP contribution in [0.25, 0.3) is 0 Å². The lowest BCUT2D eigenvalue weighted by Crippen LogP contribution is -2.35. The van der Waals surface area contributed by atoms with Gasteiger partial charge < -0.3 is 9.64 Å². The number of piperidine rings is 1. The van der Waals surface area contributed by atoms with Crippen molar-refractivity contribution in [2.24, 2.45) is 11.8 Å². The molecule has 0 bridgehead atoms. The van der Waals surface area contributed by atoms with Crippen molar-refractivity contribution in [3.05, 3.63) is 88.2 Å². The lowest BCUT2D eigenvalue weighted by molar-refractivity contribution is -0.274. The van der Waals surface area contributed by atoms with Crippen molar-refractivity contribution < 1.29 is 22.7 Å². The standard InChI is InChI=1S/C23H15Cl2F3N2O2/c24-15-9-16(25)11-17(10-15)30-12-19-20(21(30)31)22(19,14-5-7-29-8-6-14)13-1-3-18(4-2-13)32-23(26,27)28/h1-11,19-20H,12H2/t19-,20-,22+/m0/s1. The molecule has 3 atom stereocenters. The first kappa shape index (κ1) is 21.1. The van der Waals surface area contributed by atoms with Gasteiger partial charge in [-0.15, -0.1) is 13.2 Å². The lowest BCUT2D eigenvalue weighted by atomic mass is 9.83.